The minimum atomic E-state index is -0.202. The molecule has 0 aliphatic carbocycles. The first-order valence-corrected chi connectivity index (χ1v) is 6.18. The van der Waals surface area contributed by atoms with Gasteiger partial charge in [0.25, 0.3) is 0 Å². The Labute approximate surface area is 114 Å². The topological polar surface area (TPSA) is 81.1 Å². The molecule has 0 aliphatic rings. The maximum absolute atomic E-state index is 13.5. The smallest absolute Gasteiger partial charge is 0.226 e. The van der Waals surface area contributed by atoms with Gasteiger partial charge in [-0.2, -0.15) is 0 Å². The van der Waals surface area contributed by atoms with E-state index in [0.29, 0.717) is 35.9 Å². The summed E-state index contributed by atoms with van der Waals surface area (Å²) in [6.45, 7) is 0.542. The second-order valence-electron chi connectivity index (χ2n) is 4.30. The van der Waals surface area contributed by atoms with Crippen LogP contribution in [0.5, 0.6) is 0 Å². The average Bonchev–Trinajstić information content (AvgIpc) is 2.84. The lowest BCUT2D eigenvalue weighted by Gasteiger charge is -2.07. The minimum absolute atomic E-state index is 0.202. The fraction of sp³-hybridized carbons (Fsp3) is 0.154. The first-order chi connectivity index (χ1) is 9.75. The van der Waals surface area contributed by atoms with Crippen molar-refractivity contribution in [2.75, 3.05) is 17.6 Å². The number of hydrogen-bond donors (Lipinski definition) is 2. The molecule has 7 heteroatoms. The summed E-state index contributed by atoms with van der Waals surface area (Å²) >= 11 is 0. The normalized spacial score (nSPS) is 10.8. The van der Waals surface area contributed by atoms with Crippen LogP contribution in [0.4, 0.5) is 16.2 Å². The van der Waals surface area contributed by atoms with Gasteiger partial charge in [0.05, 0.1) is 0 Å². The number of benzene rings is 1. The summed E-state index contributed by atoms with van der Waals surface area (Å²) in [5, 5.41) is 10.9. The third-order valence-electron chi connectivity index (χ3n) is 3.00. The first kappa shape index (κ1) is 12.3. The largest absolute Gasteiger partial charge is 0.368 e. The van der Waals surface area contributed by atoms with Crippen LogP contribution in [-0.2, 0) is 6.42 Å². The van der Waals surface area contributed by atoms with E-state index in [1.54, 1.807) is 28.9 Å². The predicted octanol–water partition coefficient (Wildman–Crippen LogP) is 1.50. The summed E-state index contributed by atoms with van der Waals surface area (Å²) in [6, 6.07) is 6.71. The Morgan fingerprint density at radius 1 is 1.25 bits per heavy atom. The predicted molar refractivity (Wildman–Crippen MR) is 73.8 cm³/mol. The van der Waals surface area contributed by atoms with Crippen molar-refractivity contribution in [3.63, 3.8) is 0 Å². The molecule has 0 amide bonds. The molecule has 0 spiro atoms. The molecule has 0 unspecified atom stereocenters. The summed E-state index contributed by atoms with van der Waals surface area (Å²) < 4.78 is 15.1. The van der Waals surface area contributed by atoms with Gasteiger partial charge in [0, 0.05) is 18.9 Å². The van der Waals surface area contributed by atoms with E-state index in [0.717, 1.165) is 0 Å². The molecule has 0 saturated carbocycles. The Bertz CT molecular complexity index is 739. The zero-order valence-corrected chi connectivity index (χ0v) is 10.6. The lowest BCUT2D eigenvalue weighted by Crippen LogP contribution is -2.09. The number of nitrogens with zero attached hydrogens (tertiary/aromatic N) is 4. The number of rotatable bonds is 4. The molecule has 0 aliphatic heterocycles. The molecule has 0 fully saturated rings. The molecule has 0 saturated heterocycles. The Hall–Kier alpha value is -2.70. The van der Waals surface area contributed by atoms with Crippen LogP contribution >= 0.6 is 0 Å². The molecular weight excluding hydrogens is 259 g/mol. The maximum atomic E-state index is 13.5. The van der Waals surface area contributed by atoms with Crippen LogP contribution in [-0.4, -0.2) is 26.1 Å². The van der Waals surface area contributed by atoms with Gasteiger partial charge < -0.3 is 11.1 Å². The van der Waals surface area contributed by atoms with Crippen molar-refractivity contribution in [1.29, 1.82) is 0 Å². The van der Waals surface area contributed by atoms with Crippen molar-refractivity contribution in [3.8, 4) is 0 Å². The summed E-state index contributed by atoms with van der Waals surface area (Å²) in [6.07, 6.45) is 3.85. The Morgan fingerprint density at radius 2 is 2.10 bits per heavy atom. The van der Waals surface area contributed by atoms with Gasteiger partial charge in [-0.1, -0.05) is 18.2 Å². The van der Waals surface area contributed by atoms with Crippen LogP contribution < -0.4 is 11.1 Å². The van der Waals surface area contributed by atoms with Crippen molar-refractivity contribution in [2.24, 2.45) is 0 Å². The van der Waals surface area contributed by atoms with E-state index in [-0.39, 0.29) is 5.82 Å². The van der Waals surface area contributed by atoms with Gasteiger partial charge in [-0.3, -0.25) is 4.40 Å². The molecule has 1 aromatic carbocycles. The molecule has 3 aromatic rings. The fourth-order valence-electron chi connectivity index (χ4n) is 1.99. The molecule has 3 N–H and O–H groups in total. The van der Waals surface area contributed by atoms with Crippen molar-refractivity contribution in [3.05, 3.63) is 48.0 Å². The lowest BCUT2D eigenvalue weighted by molar-refractivity contribution is 0.610. The van der Waals surface area contributed by atoms with Gasteiger partial charge in [-0.05, 0) is 18.1 Å². The summed E-state index contributed by atoms with van der Waals surface area (Å²) in [5.74, 6) is 0.680. The highest BCUT2D eigenvalue weighted by atomic mass is 19.1. The highest BCUT2D eigenvalue weighted by Gasteiger charge is 2.08. The zero-order chi connectivity index (χ0) is 13.9. The van der Waals surface area contributed by atoms with E-state index >= 15 is 0 Å². The highest BCUT2D eigenvalue weighted by Crippen LogP contribution is 2.13. The Morgan fingerprint density at radius 3 is 2.95 bits per heavy atom. The summed E-state index contributed by atoms with van der Waals surface area (Å²) in [4.78, 5) is 4.19. The third-order valence-corrected chi connectivity index (χ3v) is 3.00. The number of nitrogen functional groups attached to an aromatic ring is 1. The molecule has 20 heavy (non-hydrogen) atoms. The van der Waals surface area contributed by atoms with Crippen molar-refractivity contribution < 1.29 is 4.39 Å². The molecule has 0 radical (unpaired) electrons. The van der Waals surface area contributed by atoms with E-state index in [1.165, 1.54) is 6.07 Å². The van der Waals surface area contributed by atoms with Crippen molar-refractivity contribution >= 4 is 17.4 Å². The lowest BCUT2D eigenvalue weighted by atomic mass is 10.1. The number of aromatic nitrogens is 4. The number of fused-ring (bicyclic) bond motifs is 1. The van der Waals surface area contributed by atoms with Crippen molar-refractivity contribution in [1.82, 2.24) is 19.6 Å². The standard InChI is InChI=1S/C13H13FN6/c14-10-4-2-1-3-9(10)5-6-16-11-12-18-19-13(15)20(12)8-7-17-11/h1-4,7-8H,5-6H2,(H2,15,19)(H,16,17). The number of nitrogens with one attached hydrogen (secondary N) is 1. The Balaban J connectivity index is 1.73. The molecule has 0 atom stereocenters. The number of anilines is 2. The quantitative estimate of drug-likeness (QED) is 0.752. The molecule has 102 valence electrons. The van der Waals surface area contributed by atoms with E-state index in [2.05, 4.69) is 20.5 Å². The van der Waals surface area contributed by atoms with E-state index in [9.17, 15) is 4.39 Å². The minimum Gasteiger partial charge on any atom is -0.368 e. The first-order valence-electron chi connectivity index (χ1n) is 6.18. The zero-order valence-electron chi connectivity index (χ0n) is 10.6. The second-order valence-corrected chi connectivity index (χ2v) is 4.30. The number of hydrogen-bond acceptors (Lipinski definition) is 5. The molecule has 6 nitrogen and oxygen atoms in total. The van der Waals surface area contributed by atoms with Gasteiger partial charge in [0.2, 0.25) is 11.6 Å². The van der Waals surface area contributed by atoms with E-state index in [1.807, 2.05) is 6.07 Å². The number of nitrogens with two attached hydrogens (primary N) is 1. The average molecular weight is 272 g/mol. The molecule has 2 aromatic heterocycles. The van der Waals surface area contributed by atoms with Crippen LogP contribution in [0.3, 0.4) is 0 Å². The van der Waals surface area contributed by atoms with Crippen LogP contribution in [0.1, 0.15) is 5.56 Å². The second kappa shape index (κ2) is 5.12. The van der Waals surface area contributed by atoms with Gasteiger partial charge in [0.15, 0.2) is 5.82 Å². The van der Waals surface area contributed by atoms with Crippen LogP contribution in [0, 0.1) is 5.82 Å². The summed E-state index contributed by atoms with van der Waals surface area (Å²) in [5.41, 5.74) is 6.88. The van der Waals surface area contributed by atoms with Gasteiger partial charge in [0.1, 0.15) is 5.82 Å². The molecule has 2 heterocycles. The van der Waals surface area contributed by atoms with Crippen LogP contribution in [0.25, 0.3) is 5.65 Å². The van der Waals surface area contributed by atoms with E-state index in [4.69, 9.17) is 5.73 Å². The molecule has 0 bridgehead atoms. The maximum Gasteiger partial charge on any atom is 0.226 e. The van der Waals surface area contributed by atoms with Crippen LogP contribution in [0.15, 0.2) is 36.7 Å². The van der Waals surface area contributed by atoms with Crippen LogP contribution in [0.2, 0.25) is 0 Å². The highest BCUT2D eigenvalue weighted by molar-refractivity contribution is 5.63. The summed E-state index contributed by atoms with van der Waals surface area (Å²) in [7, 11) is 0. The fourth-order valence-corrected chi connectivity index (χ4v) is 1.99. The third kappa shape index (κ3) is 2.25. The molecule has 3 rings (SSSR count). The monoisotopic (exact) mass is 272 g/mol. The van der Waals surface area contributed by atoms with Crippen molar-refractivity contribution in [2.45, 2.75) is 6.42 Å². The molecular formula is C13H13FN6. The van der Waals surface area contributed by atoms with Gasteiger partial charge >= 0.3 is 0 Å². The van der Waals surface area contributed by atoms with Gasteiger partial charge in [-0.15, -0.1) is 10.2 Å². The number of halogens is 1. The van der Waals surface area contributed by atoms with Gasteiger partial charge in [-0.25, -0.2) is 9.37 Å². The van der Waals surface area contributed by atoms with E-state index < -0.39 is 0 Å². The SMILES string of the molecule is Nc1nnc2c(NCCc3ccccc3F)nccn12. The Kier molecular flexibility index (Phi) is 3.16.